The lowest BCUT2D eigenvalue weighted by Gasteiger charge is -2.15. The van der Waals surface area contributed by atoms with Gasteiger partial charge in [-0.25, -0.2) is 8.42 Å². The van der Waals surface area contributed by atoms with Crippen molar-refractivity contribution < 1.29 is 18.0 Å². The minimum absolute atomic E-state index is 0.264. The van der Waals surface area contributed by atoms with E-state index in [1.807, 2.05) is 0 Å². The van der Waals surface area contributed by atoms with E-state index in [2.05, 4.69) is 5.32 Å². The maximum absolute atomic E-state index is 12.3. The van der Waals surface area contributed by atoms with E-state index in [1.165, 1.54) is 4.31 Å². The molecule has 1 heterocycles. The summed E-state index contributed by atoms with van der Waals surface area (Å²) >= 11 is 0. The molecule has 0 spiro atoms. The van der Waals surface area contributed by atoms with Crippen molar-refractivity contribution in [2.24, 2.45) is 5.73 Å². The van der Waals surface area contributed by atoms with Crippen molar-refractivity contribution in [3.8, 4) is 0 Å². The third-order valence-corrected chi connectivity index (χ3v) is 5.46. The zero-order valence-corrected chi connectivity index (χ0v) is 12.9. The zero-order valence-electron chi connectivity index (χ0n) is 12.1. The first-order valence-electron chi connectivity index (χ1n) is 7.08. The second-order valence-corrected chi connectivity index (χ2v) is 7.06. The summed E-state index contributed by atoms with van der Waals surface area (Å²) in [6.45, 7) is 1.41. The molecule has 0 unspecified atom stereocenters. The van der Waals surface area contributed by atoms with Crippen LogP contribution in [0.2, 0.25) is 0 Å². The Bertz CT molecular complexity index is 649. The summed E-state index contributed by atoms with van der Waals surface area (Å²) in [6.07, 6.45) is 2.29. The standard InChI is InChI=1S/C14H19N3O4S/c15-13(18)14(19)16-8-7-11-3-5-12(6-4-11)22(20,21)17-9-1-2-10-17/h3-6H,1-2,7-10H2,(H2,15,18)(H,16,19). The van der Waals surface area contributed by atoms with Crippen molar-refractivity contribution in [1.82, 2.24) is 9.62 Å². The van der Waals surface area contributed by atoms with Gasteiger partial charge in [0.05, 0.1) is 4.90 Å². The fraction of sp³-hybridized carbons (Fsp3) is 0.429. The molecule has 0 atom stereocenters. The number of amides is 2. The molecule has 7 nitrogen and oxygen atoms in total. The van der Waals surface area contributed by atoms with Crippen LogP contribution in [0.1, 0.15) is 18.4 Å². The van der Waals surface area contributed by atoms with Gasteiger partial charge in [-0.15, -0.1) is 0 Å². The predicted molar refractivity (Wildman–Crippen MR) is 80.3 cm³/mol. The van der Waals surface area contributed by atoms with Gasteiger partial charge in [-0.05, 0) is 37.0 Å². The number of sulfonamides is 1. The van der Waals surface area contributed by atoms with Gasteiger partial charge in [0, 0.05) is 19.6 Å². The van der Waals surface area contributed by atoms with E-state index in [-0.39, 0.29) is 11.4 Å². The van der Waals surface area contributed by atoms with Gasteiger partial charge in [0.1, 0.15) is 0 Å². The topological polar surface area (TPSA) is 110 Å². The van der Waals surface area contributed by atoms with E-state index in [0.717, 1.165) is 18.4 Å². The van der Waals surface area contributed by atoms with E-state index in [9.17, 15) is 18.0 Å². The summed E-state index contributed by atoms with van der Waals surface area (Å²) in [5.74, 6) is -1.85. The Morgan fingerprint density at radius 3 is 2.27 bits per heavy atom. The summed E-state index contributed by atoms with van der Waals surface area (Å²) in [6, 6.07) is 6.55. The number of carbonyl (C=O) groups excluding carboxylic acids is 2. The van der Waals surface area contributed by atoms with Gasteiger partial charge in [0.15, 0.2) is 0 Å². The Labute approximate surface area is 129 Å². The van der Waals surface area contributed by atoms with Crippen molar-refractivity contribution in [2.45, 2.75) is 24.2 Å². The van der Waals surface area contributed by atoms with Crippen LogP contribution in [0.25, 0.3) is 0 Å². The fourth-order valence-corrected chi connectivity index (χ4v) is 3.83. The zero-order chi connectivity index (χ0) is 16.2. The third-order valence-electron chi connectivity index (χ3n) is 3.55. The molecule has 1 aliphatic rings. The molecule has 2 amide bonds. The van der Waals surface area contributed by atoms with Crippen LogP contribution >= 0.6 is 0 Å². The molecule has 0 aliphatic carbocycles. The normalized spacial score (nSPS) is 15.6. The molecule has 1 aliphatic heterocycles. The predicted octanol–water partition coefficient (Wildman–Crippen LogP) is -0.385. The van der Waals surface area contributed by atoms with Gasteiger partial charge in [0.25, 0.3) is 0 Å². The van der Waals surface area contributed by atoms with Crippen LogP contribution in [0, 0.1) is 0 Å². The van der Waals surface area contributed by atoms with Crippen LogP contribution in [-0.2, 0) is 26.0 Å². The summed E-state index contributed by atoms with van der Waals surface area (Å²) < 4.78 is 26.2. The van der Waals surface area contributed by atoms with Crippen LogP contribution in [0.15, 0.2) is 29.2 Å². The van der Waals surface area contributed by atoms with E-state index >= 15 is 0 Å². The van der Waals surface area contributed by atoms with Crippen LogP contribution in [0.3, 0.4) is 0 Å². The molecule has 0 radical (unpaired) electrons. The highest BCUT2D eigenvalue weighted by atomic mass is 32.2. The summed E-state index contributed by atoms with van der Waals surface area (Å²) in [4.78, 5) is 21.8. The Morgan fingerprint density at radius 1 is 1.14 bits per heavy atom. The van der Waals surface area contributed by atoms with E-state index < -0.39 is 21.8 Å². The average Bonchev–Trinajstić information content (AvgIpc) is 3.02. The van der Waals surface area contributed by atoms with Crippen molar-refractivity contribution in [2.75, 3.05) is 19.6 Å². The van der Waals surface area contributed by atoms with Crippen molar-refractivity contribution in [1.29, 1.82) is 0 Å². The number of hydrogen-bond acceptors (Lipinski definition) is 4. The monoisotopic (exact) mass is 325 g/mol. The number of carbonyl (C=O) groups is 2. The van der Waals surface area contributed by atoms with Crippen molar-refractivity contribution in [3.63, 3.8) is 0 Å². The van der Waals surface area contributed by atoms with Gasteiger partial charge in [-0.3, -0.25) is 9.59 Å². The molecule has 0 bridgehead atoms. The molecule has 22 heavy (non-hydrogen) atoms. The van der Waals surface area contributed by atoms with Crippen molar-refractivity contribution in [3.05, 3.63) is 29.8 Å². The Balaban J connectivity index is 1.95. The van der Waals surface area contributed by atoms with E-state index in [0.29, 0.717) is 19.5 Å². The Kier molecular flexibility index (Phi) is 5.15. The quantitative estimate of drug-likeness (QED) is 0.719. The molecular formula is C14H19N3O4S. The highest BCUT2D eigenvalue weighted by Crippen LogP contribution is 2.21. The van der Waals surface area contributed by atoms with Crippen molar-refractivity contribution >= 4 is 21.8 Å². The van der Waals surface area contributed by atoms with Gasteiger partial charge in [-0.2, -0.15) is 4.31 Å². The lowest BCUT2D eigenvalue weighted by Crippen LogP contribution is -2.37. The number of rotatable bonds is 5. The van der Waals surface area contributed by atoms with Crippen LogP contribution in [0.4, 0.5) is 0 Å². The number of nitrogens with two attached hydrogens (primary N) is 1. The molecule has 3 N–H and O–H groups in total. The second kappa shape index (κ2) is 6.89. The fourth-order valence-electron chi connectivity index (χ4n) is 2.31. The number of nitrogens with zero attached hydrogens (tertiary/aromatic N) is 1. The lowest BCUT2D eigenvalue weighted by molar-refractivity contribution is -0.137. The maximum Gasteiger partial charge on any atom is 0.309 e. The average molecular weight is 325 g/mol. The van der Waals surface area contributed by atoms with Gasteiger partial charge in [0.2, 0.25) is 10.0 Å². The molecular weight excluding hydrogens is 306 g/mol. The number of primary amides is 1. The van der Waals surface area contributed by atoms with Gasteiger partial charge in [-0.1, -0.05) is 12.1 Å². The van der Waals surface area contributed by atoms with Gasteiger partial charge < -0.3 is 11.1 Å². The number of benzene rings is 1. The highest BCUT2D eigenvalue weighted by molar-refractivity contribution is 7.89. The summed E-state index contributed by atoms with van der Waals surface area (Å²) in [5, 5.41) is 2.38. The van der Waals surface area contributed by atoms with Gasteiger partial charge >= 0.3 is 11.8 Å². The molecule has 1 aromatic carbocycles. The molecule has 1 aromatic rings. The SMILES string of the molecule is NC(=O)C(=O)NCCc1ccc(S(=O)(=O)N2CCCC2)cc1. The molecule has 2 rings (SSSR count). The van der Waals surface area contributed by atoms with Crippen LogP contribution < -0.4 is 11.1 Å². The maximum atomic E-state index is 12.3. The Morgan fingerprint density at radius 2 is 1.73 bits per heavy atom. The first kappa shape index (κ1) is 16.4. The second-order valence-electron chi connectivity index (χ2n) is 5.13. The Hall–Kier alpha value is -1.93. The summed E-state index contributed by atoms with van der Waals surface area (Å²) in [7, 11) is -3.40. The molecule has 8 heteroatoms. The number of nitrogens with one attached hydrogen (secondary N) is 1. The smallest absolute Gasteiger partial charge is 0.309 e. The largest absolute Gasteiger partial charge is 0.361 e. The first-order chi connectivity index (χ1) is 10.4. The first-order valence-corrected chi connectivity index (χ1v) is 8.52. The summed E-state index contributed by atoms with van der Waals surface area (Å²) in [5.41, 5.74) is 5.69. The van der Waals surface area contributed by atoms with Crippen LogP contribution in [0.5, 0.6) is 0 Å². The molecule has 0 saturated carbocycles. The van der Waals surface area contributed by atoms with E-state index in [1.54, 1.807) is 24.3 Å². The van der Waals surface area contributed by atoms with E-state index in [4.69, 9.17) is 5.73 Å². The third kappa shape index (κ3) is 3.83. The highest BCUT2D eigenvalue weighted by Gasteiger charge is 2.26. The number of hydrogen-bond donors (Lipinski definition) is 2. The molecule has 0 aromatic heterocycles. The minimum Gasteiger partial charge on any atom is -0.361 e. The minimum atomic E-state index is -3.40. The molecule has 1 saturated heterocycles. The lowest BCUT2D eigenvalue weighted by atomic mass is 10.1. The molecule has 1 fully saturated rings. The van der Waals surface area contributed by atoms with Crippen LogP contribution in [-0.4, -0.2) is 44.2 Å². The molecule has 120 valence electrons.